The molecule has 0 fully saturated rings. The van der Waals surface area contributed by atoms with Crippen LogP contribution in [0.15, 0.2) is 54.6 Å². The highest BCUT2D eigenvalue weighted by Crippen LogP contribution is 2.17. The third-order valence-electron chi connectivity index (χ3n) is 3.34. The van der Waals surface area contributed by atoms with E-state index < -0.39 is 6.04 Å². The zero-order valence-electron chi connectivity index (χ0n) is 11.9. The standard InChI is InChI=1S/C17H19ClN2O/c1-12(14-8-5-9-15(18)11-14)20-17(21)16(19)10-13-6-3-2-4-7-13/h2-9,11-12,16H,10,19H2,1H3,(H,20,21)/t12-,16?/m0/s1. The highest BCUT2D eigenvalue weighted by molar-refractivity contribution is 6.30. The second kappa shape index (κ2) is 7.25. The van der Waals surface area contributed by atoms with Gasteiger partial charge in [-0.1, -0.05) is 54.1 Å². The lowest BCUT2D eigenvalue weighted by Crippen LogP contribution is -2.42. The number of carbonyl (C=O) groups is 1. The van der Waals surface area contributed by atoms with Crippen LogP contribution in [-0.4, -0.2) is 11.9 Å². The van der Waals surface area contributed by atoms with E-state index in [0.717, 1.165) is 11.1 Å². The molecule has 0 aromatic heterocycles. The molecule has 0 radical (unpaired) electrons. The Morgan fingerprint density at radius 1 is 1.19 bits per heavy atom. The lowest BCUT2D eigenvalue weighted by Gasteiger charge is -2.18. The highest BCUT2D eigenvalue weighted by Gasteiger charge is 2.17. The Balaban J connectivity index is 1.94. The van der Waals surface area contributed by atoms with E-state index in [-0.39, 0.29) is 11.9 Å². The summed E-state index contributed by atoms with van der Waals surface area (Å²) in [4.78, 5) is 12.1. The van der Waals surface area contributed by atoms with Crippen molar-refractivity contribution in [2.24, 2.45) is 5.73 Å². The van der Waals surface area contributed by atoms with Crippen molar-refractivity contribution in [2.75, 3.05) is 0 Å². The minimum absolute atomic E-state index is 0.127. The average Bonchev–Trinajstić information content (AvgIpc) is 2.48. The molecule has 0 spiro atoms. The fourth-order valence-corrected chi connectivity index (χ4v) is 2.34. The molecule has 0 saturated carbocycles. The zero-order valence-corrected chi connectivity index (χ0v) is 12.7. The predicted molar refractivity (Wildman–Crippen MR) is 86.1 cm³/mol. The van der Waals surface area contributed by atoms with Gasteiger partial charge in [0.05, 0.1) is 12.1 Å². The van der Waals surface area contributed by atoms with Crippen molar-refractivity contribution in [3.8, 4) is 0 Å². The topological polar surface area (TPSA) is 55.1 Å². The zero-order chi connectivity index (χ0) is 15.2. The first-order chi connectivity index (χ1) is 10.1. The molecule has 0 saturated heterocycles. The van der Waals surface area contributed by atoms with E-state index in [2.05, 4.69) is 5.32 Å². The minimum Gasteiger partial charge on any atom is -0.348 e. The van der Waals surface area contributed by atoms with Gasteiger partial charge in [0.15, 0.2) is 0 Å². The van der Waals surface area contributed by atoms with Crippen LogP contribution in [-0.2, 0) is 11.2 Å². The van der Waals surface area contributed by atoms with Crippen LogP contribution in [0.3, 0.4) is 0 Å². The van der Waals surface area contributed by atoms with Crippen LogP contribution in [0.2, 0.25) is 5.02 Å². The maximum atomic E-state index is 12.1. The van der Waals surface area contributed by atoms with Crippen LogP contribution in [0.5, 0.6) is 0 Å². The predicted octanol–water partition coefficient (Wildman–Crippen LogP) is 3.09. The van der Waals surface area contributed by atoms with Crippen molar-refractivity contribution in [3.05, 3.63) is 70.7 Å². The van der Waals surface area contributed by atoms with E-state index in [1.807, 2.05) is 55.5 Å². The Kier molecular flexibility index (Phi) is 5.37. The third-order valence-corrected chi connectivity index (χ3v) is 3.58. The number of nitrogens with two attached hydrogens (primary N) is 1. The van der Waals surface area contributed by atoms with Gasteiger partial charge in [-0.2, -0.15) is 0 Å². The Morgan fingerprint density at radius 3 is 2.57 bits per heavy atom. The molecule has 3 N–H and O–H groups in total. The molecular formula is C17H19ClN2O. The fraction of sp³-hybridized carbons (Fsp3) is 0.235. The van der Waals surface area contributed by atoms with E-state index in [1.54, 1.807) is 6.07 Å². The maximum Gasteiger partial charge on any atom is 0.237 e. The highest BCUT2D eigenvalue weighted by atomic mass is 35.5. The lowest BCUT2D eigenvalue weighted by molar-refractivity contribution is -0.123. The second-order valence-electron chi connectivity index (χ2n) is 5.08. The van der Waals surface area contributed by atoms with Crippen LogP contribution in [0, 0.1) is 0 Å². The molecule has 1 amide bonds. The summed E-state index contributed by atoms with van der Waals surface area (Å²) in [6, 6.07) is 16.5. The molecule has 110 valence electrons. The molecule has 3 nitrogen and oxygen atoms in total. The van der Waals surface area contributed by atoms with Gasteiger partial charge in [0.1, 0.15) is 0 Å². The molecule has 2 atom stereocenters. The van der Waals surface area contributed by atoms with E-state index >= 15 is 0 Å². The number of nitrogens with one attached hydrogen (secondary N) is 1. The summed E-state index contributed by atoms with van der Waals surface area (Å²) in [7, 11) is 0. The molecule has 0 bridgehead atoms. The smallest absolute Gasteiger partial charge is 0.237 e. The summed E-state index contributed by atoms with van der Waals surface area (Å²) >= 11 is 5.96. The molecular weight excluding hydrogens is 284 g/mol. The minimum atomic E-state index is -0.561. The first-order valence-electron chi connectivity index (χ1n) is 6.91. The van der Waals surface area contributed by atoms with E-state index in [1.165, 1.54) is 0 Å². The molecule has 0 heterocycles. The number of amides is 1. The monoisotopic (exact) mass is 302 g/mol. The number of carbonyl (C=O) groups excluding carboxylic acids is 1. The van der Waals surface area contributed by atoms with Crippen LogP contribution in [0.25, 0.3) is 0 Å². The first kappa shape index (κ1) is 15.5. The van der Waals surface area contributed by atoms with Crippen molar-refractivity contribution in [1.29, 1.82) is 0 Å². The summed E-state index contributed by atoms with van der Waals surface area (Å²) < 4.78 is 0. The van der Waals surface area contributed by atoms with Crippen molar-refractivity contribution in [2.45, 2.75) is 25.4 Å². The molecule has 1 unspecified atom stereocenters. The molecule has 4 heteroatoms. The van der Waals surface area contributed by atoms with Gasteiger partial charge < -0.3 is 11.1 Å². The molecule has 2 aromatic carbocycles. The largest absolute Gasteiger partial charge is 0.348 e. The number of benzene rings is 2. The van der Waals surface area contributed by atoms with Gasteiger partial charge in [-0.15, -0.1) is 0 Å². The van der Waals surface area contributed by atoms with Crippen molar-refractivity contribution in [3.63, 3.8) is 0 Å². The molecule has 0 aliphatic heterocycles. The van der Waals surface area contributed by atoms with Crippen LogP contribution in [0.4, 0.5) is 0 Å². The van der Waals surface area contributed by atoms with Crippen LogP contribution in [0.1, 0.15) is 24.1 Å². The van der Waals surface area contributed by atoms with Gasteiger partial charge in [-0.05, 0) is 36.6 Å². The van der Waals surface area contributed by atoms with E-state index in [4.69, 9.17) is 17.3 Å². The second-order valence-corrected chi connectivity index (χ2v) is 5.52. The summed E-state index contributed by atoms with van der Waals surface area (Å²) in [5.74, 6) is -0.161. The molecule has 0 aliphatic carbocycles. The summed E-state index contributed by atoms with van der Waals surface area (Å²) in [5.41, 5.74) is 7.98. The van der Waals surface area contributed by atoms with Gasteiger partial charge in [-0.25, -0.2) is 0 Å². The lowest BCUT2D eigenvalue weighted by atomic mass is 10.0. The molecule has 2 aromatic rings. The summed E-state index contributed by atoms with van der Waals surface area (Å²) in [5, 5.41) is 3.58. The van der Waals surface area contributed by atoms with Crippen LogP contribution < -0.4 is 11.1 Å². The van der Waals surface area contributed by atoms with Gasteiger partial charge in [0.2, 0.25) is 5.91 Å². The molecule has 2 rings (SSSR count). The number of hydrogen-bond acceptors (Lipinski definition) is 2. The average molecular weight is 303 g/mol. The maximum absolute atomic E-state index is 12.1. The first-order valence-corrected chi connectivity index (χ1v) is 7.29. The SMILES string of the molecule is C[C@H](NC(=O)C(N)Cc1ccccc1)c1cccc(Cl)c1. The Hall–Kier alpha value is -1.84. The summed E-state index contributed by atoms with van der Waals surface area (Å²) in [6.45, 7) is 1.92. The van der Waals surface area contributed by atoms with Crippen molar-refractivity contribution in [1.82, 2.24) is 5.32 Å². The Labute approximate surface area is 130 Å². The van der Waals surface area contributed by atoms with E-state index in [0.29, 0.717) is 11.4 Å². The van der Waals surface area contributed by atoms with E-state index in [9.17, 15) is 4.79 Å². The third kappa shape index (κ3) is 4.59. The van der Waals surface area contributed by atoms with Crippen molar-refractivity contribution >= 4 is 17.5 Å². The number of halogens is 1. The quantitative estimate of drug-likeness (QED) is 0.892. The molecule has 0 aliphatic rings. The van der Waals surface area contributed by atoms with Crippen LogP contribution >= 0.6 is 11.6 Å². The van der Waals surface area contributed by atoms with Gasteiger partial charge in [0.25, 0.3) is 0 Å². The Morgan fingerprint density at radius 2 is 1.90 bits per heavy atom. The Bertz CT molecular complexity index is 601. The normalized spacial score (nSPS) is 13.5. The number of hydrogen-bond donors (Lipinski definition) is 2. The number of rotatable bonds is 5. The van der Waals surface area contributed by atoms with Gasteiger partial charge in [-0.3, -0.25) is 4.79 Å². The molecule has 21 heavy (non-hydrogen) atoms. The van der Waals surface area contributed by atoms with Gasteiger partial charge in [0, 0.05) is 5.02 Å². The van der Waals surface area contributed by atoms with Gasteiger partial charge >= 0.3 is 0 Å². The fourth-order valence-electron chi connectivity index (χ4n) is 2.14. The van der Waals surface area contributed by atoms with Crippen molar-refractivity contribution < 1.29 is 4.79 Å². The summed E-state index contributed by atoms with van der Waals surface area (Å²) in [6.07, 6.45) is 0.523.